The van der Waals surface area contributed by atoms with Crippen molar-refractivity contribution in [2.24, 2.45) is 0 Å². The van der Waals surface area contributed by atoms with Gasteiger partial charge in [-0.25, -0.2) is 0 Å². The second-order valence-electron chi connectivity index (χ2n) is 16.1. The predicted octanol–water partition coefficient (Wildman–Crippen LogP) is 6.22. The monoisotopic (exact) mass is 980 g/mol. The molecule has 0 aliphatic rings. The number of carboxylic acid groups (broad SMARTS) is 2. The molecule has 18 nitrogen and oxygen atoms in total. The van der Waals surface area contributed by atoms with Gasteiger partial charge in [0.15, 0.2) is 0 Å². The maximum atomic E-state index is 11.7. The SMILES string of the molecule is N#Cc1cncc(COc2cc(Cn3ncc4c(-c5cccc6c5cnn6Cc5cc(OCc6cncc(C#N)c6)c(CN[C@@H](CO)C(=O)O)cc5Cl)cccc43)c(Cl)cc2CNC(CO)C(=O)O)c1. The van der Waals surface area contributed by atoms with E-state index in [0.29, 0.717) is 66.1 Å². The lowest BCUT2D eigenvalue weighted by atomic mass is 9.99. The number of hydrogen-bond acceptors (Lipinski definition) is 14. The normalized spacial score (nSPS) is 12.1. The van der Waals surface area contributed by atoms with Crippen LogP contribution < -0.4 is 20.1 Å². The lowest BCUT2D eigenvalue weighted by Gasteiger charge is -2.18. The summed E-state index contributed by atoms with van der Waals surface area (Å²) in [5, 5.41) is 74.7. The van der Waals surface area contributed by atoms with Gasteiger partial charge in [0.1, 0.15) is 48.9 Å². The van der Waals surface area contributed by atoms with Crippen molar-refractivity contribution < 1.29 is 39.5 Å². The fourth-order valence-electron chi connectivity index (χ4n) is 7.82. The zero-order valence-corrected chi connectivity index (χ0v) is 38.5. The van der Waals surface area contributed by atoms with E-state index < -0.39 is 37.2 Å². The number of pyridine rings is 2. The van der Waals surface area contributed by atoms with Crippen LogP contribution in [0.15, 0.2) is 110 Å². The number of benzene rings is 4. The third kappa shape index (κ3) is 11.0. The summed E-state index contributed by atoms with van der Waals surface area (Å²) in [7, 11) is 0. The highest BCUT2D eigenvalue weighted by Gasteiger charge is 2.21. The van der Waals surface area contributed by atoms with E-state index in [2.05, 4.69) is 32.7 Å². The summed E-state index contributed by atoms with van der Waals surface area (Å²) >= 11 is 13.8. The Morgan fingerprint density at radius 1 is 0.614 bits per heavy atom. The summed E-state index contributed by atoms with van der Waals surface area (Å²) < 4.78 is 16.1. The Labute approximate surface area is 409 Å². The minimum Gasteiger partial charge on any atom is -0.489 e. The van der Waals surface area contributed by atoms with Crippen LogP contribution in [0.4, 0.5) is 0 Å². The van der Waals surface area contributed by atoms with Crippen molar-refractivity contribution in [1.82, 2.24) is 40.2 Å². The van der Waals surface area contributed by atoms with Crippen LogP contribution in [0.3, 0.4) is 0 Å². The molecule has 2 atom stereocenters. The standard InChI is InChI=1S/C50H42Cl2N10O8/c51-41-9-33(19-57-43(25-63)49(65)66)47(69-27-31-7-29(13-53)15-55-17-31)11-35(41)23-61-45-5-1-3-37(39(45)21-59-61)38-4-2-6-46-40(38)22-60-62(46)24-36-12-48(70-28-32-8-30(14-54)16-56-18-32)34(10-42(36)52)20-58-44(26-64)50(67)68/h1-12,15-18,21-22,43-44,57-58,63-64H,19-20,23-28H2,(H,65,66)(H,67,68)/t43-,44?/m0/s1. The molecule has 0 radical (unpaired) electrons. The first-order valence-corrected chi connectivity index (χ1v) is 22.3. The number of rotatable bonds is 21. The average Bonchev–Trinajstić information content (AvgIpc) is 3.98. The minimum atomic E-state index is -1.22. The summed E-state index contributed by atoms with van der Waals surface area (Å²) in [5.41, 5.74) is 7.89. The van der Waals surface area contributed by atoms with Crippen molar-refractivity contribution in [2.45, 2.75) is 51.5 Å². The molecule has 6 N–H and O–H groups in total. The first-order chi connectivity index (χ1) is 34.0. The first-order valence-electron chi connectivity index (χ1n) is 21.6. The Bertz CT molecular complexity index is 3110. The molecule has 0 spiro atoms. The molecule has 4 aromatic carbocycles. The molecule has 0 aliphatic heterocycles. The highest BCUT2D eigenvalue weighted by atomic mass is 35.5. The second kappa shape index (κ2) is 22.0. The summed E-state index contributed by atoms with van der Waals surface area (Å²) in [4.78, 5) is 31.5. The van der Waals surface area contributed by atoms with Gasteiger partial charge in [-0.2, -0.15) is 20.7 Å². The number of aliphatic carboxylic acids is 2. The lowest BCUT2D eigenvalue weighted by Crippen LogP contribution is -2.39. The molecule has 8 aromatic rings. The van der Waals surface area contributed by atoms with Crippen LogP contribution in [0.25, 0.3) is 32.9 Å². The third-order valence-electron chi connectivity index (χ3n) is 11.4. The topological polar surface area (TPSA) is 267 Å². The van der Waals surface area contributed by atoms with Crippen molar-refractivity contribution in [3.8, 4) is 34.8 Å². The molecule has 1 unspecified atom stereocenters. The van der Waals surface area contributed by atoms with Crippen LogP contribution in [0, 0.1) is 22.7 Å². The fourth-order valence-corrected chi connectivity index (χ4v) is 8.31. The molecule has 0 saturated heterocycles. The van der Waals surface area contributed by atoms with Crippen LogP contribution >= 0.6 is 23.2 Å². The first kappa shape index (κ1) is 48.5. The number of nitrogens with one attached hydrogen (secondary N) is 2. The van der Waals surface area contributed by atoms with Gasteiger partial charge < -0.3 is 29.9 Å². The van der Waals surface area contributed by atoms with Gasteiger partial charge in [0, 0.05) is 80.9 Å². The molecule has 0 aliphatic carbocycles. The number of nitriles is 2. The van der Waals surface area contributed by atoms with Gasteiger partial charge in [-0.1, -0.05) is 47.5 Å². The summed E-state index contributed by atoms with van der Waals surface area (Å²) in [6.07, 6.45) is 9.65. The van der Waals surface area contributed by atoms with Crippen LogP contribution in [0.2, 0.25) is 10.0 Å². The molecule has 4 heterocycles. The van der Waals surface area contributed by atoms with Crippen LogP contribution in [0.5, 0.6) is 11.5 Å². The van der Waals surface area contributed by atoms with E-state index in [-0.39, 0.29) is 39.4 Å². The Morgan fingerprint density at radius 3 is 1.43 bits per heavy atom. The quantitative estimate of drug-likeness (QED) is 0.0467. The number of aromatic nitrogens is 6. The van der Waals surface area contributed by atoms with Crippen LogP contribution in [-0.2, 0) is 49.0 Å². The van der Waals surface area contributed by atoms with Gasteiger partial charge >= 0.3 is 11.9 Å². The highest BCUT2D eigenvalue weighted by Crippen LogP contribution is 2.36. The molecule has 0 saturated carbocycles. The molecule has 70 heavy (non-hydrogen) atoms. The van der Waals surface area contributed by atoms with E-state index in [1.54, 1.807) is 61.2 Å². The Morgan fingerprint density at radius 2 is 1.04 bits per heavy atom. The number of fused-ring (bicyclic) bond motifs is 2. The van der Waals surface area contributed by atoms with E-state index in [1.807, 2.05) is 45.8 Å². The van der Waals surface area contributed by atoms with Crippen molar-refractivity contribution in [3.05, 3.63) is 165 Å². The van der Waals surface area contributed by atoms with Gasteiger partial charge in [-0.05, 0) is 70.8 Å². The molecule has 0 fully saturated rings. The second-order valence-corrected chi connectivity index (χ2v) is 16.9. The predicted molar refractivity (Wildman–Crippen MR) is 257 cm³/mol. The van der Waals surface area contributed by atoms with Crippen LogP contribution in [-0.4, -0.2) is 87.2 Å². The highest BCUT2D eigenvalue weighted by molar-refractivity contribution is 6.31. The number of aliphatic hydroxyl groups excluding tert-OH is 2. The van der Waals surface area contributed by atoms with Gasteiger partial charge in [0.2, 0.25) is 0 Å². The number of halogens is 2. The van der Waals surface area contributed by atoms with E-state index in [0.717, 1.165) is 32.9 Å². The maximum Gasteiger partial charge on any atom is 0.323 e. The average molecular weight is 982 g/mol. The molecular formula is C50H42Cl2N10O8. The number of nitrogens with zero attached hydrogens (tertiary/aromatic N) is 8. The van der Waals surface area contributed by atoms with E-state index >= 15 is 0 Å². The van der Waals surface area contributed by atoms with Crippen molar-refractivity contribution in [2.75, 3.05) is 13.2 Å². The third-order valence-corrected chi connectivity index (χ3v) is 12.1. The molecule has 20 heteroatoms. The molecule has 4 aromatic heterocycles. The van der Waals surface area contributed by atoms with Gasteiger partial charge in [0.05, 0.1) is 60.9 Å². The van der Waals surface area contributed by atoms with Gasteiger partial charge in [0.25, 0.3) is 0 Å². The molecule has 0 bridgehead atoms. The Hall–Kier alpha value is -7.94. The summed E-state index contributed by atoms with van der Waals surface area (Å²) in [6.45, 7) is -0.606. The Balaban J connectivity index is 1.07. The summed E-state index contributed by atoms with van der Waals surface area (Å²) in [6, 6.07) is 23.8. The zero-order valence-electron chi connectivity index (χ0n) is 37.0. The number of carbonyl (C=O) groups is 2. The smallest absolute Gasteiger partial charge is 0.323 e. The molecule has 354 valence electrons. The van der Waals surface area contributed by atoms with Crippen molar-refractivity contribution in [3.63, 3.8) is 0 Å². The van der Waals surface area contributed by atoms with Crippen molar-refractivity contribution in [1.29, 1.82) is 10.5 Å². The Kier molecular flexibility index (Phi) is 15.2. The fraction of sp³-hybridized carbons (Fsp3) is 0.200. The van der Waals surface area contributed by atoms with Gasteiger partial charge in [-0.15, -0.1) is 0 Å². The van der Waals surface area contributed by atoms with Gasteiger partial charge in [-0.3, -0.25) is 39.6 Å². The number of aliphatic hydroxyl groups is 2. The number of ether oxygens (including phenoxy) is 2. The van der Waals surface area contributed by atoms with Crippen molar-refractivity contribution >= 4 is 56.9 Å². The van der Waals surface area contributed by atoms with E-state index in [9.17, 15) is 40.5 Å². The maximum absolute atomic E-state index is 11.7. The minimum absolute atomic E-state index is 0.0210. The summed E-state index contributed by atoms with van der Waals surface area (Å²) in [5.74, 6) is -1.62. The molecule has 0 amide bonds. The molecule has 8 rings (SSSR count). The molecular weight excluding hydrogens is 940 g/mol. The lowest BCUT2D eigenvalue weighted by molar-refractivity contribution is -0.141. The zero-order chi connectivity index (χ0) is 49.3. The number of carboxylic acids is 2. The number of hydrogen-bond donors (Lipinski definition) is 6. The van der Waals surface area contributed by atoms with E-state index in [4.69, 9.17) is 42.9 Å². The van der Waals surface area contributed by atoms with E-state index in [1.165, 1.54) is 12.4 Å². The largest absolute Gasteiger partial charge is 0.489 e. The van der Waals surface area contributed by atoms with Crippen LogP contribution in [0.1, 0.15) is 44.5 Å².